The highest BCUT2D eigenvalue weighted by Crippen LogP contribution is 2.43. The molecule has 4 nitrogen and oxygen atoms in total. The van der Waals surface area contributed by atoms with Crippen LogP contribution < -0.4 is 5.73 Å². The topological polar surface area (TPSA) is 75.0 Å². The molecule has 0 aliphatic heterocycles. The number of aliphatic hydroxyl groups excluding tert-OH is 1. The zero-order valence-corrected chi connectivity index (χ0v) is 17.1. The van der Waals surface area contributed by atoms with E-state index in [9.17, 15) is 10.4 Å². The van der Waals surface area contributed by atoms with Gasteiger partial charge >= 0.3 is 0 Å². The van der Waals surface area contributed by atoms with Crippen LogP contribution >= 0.6 is 0 Å². The molecule has 1 aromatic heterocycles. The summed E-state index contributed by atoms with van der Waals surface area (Å²) in [4.78, 5) is 0. The van der Waals surface area contributed by atoms with Gasteiger partial charge in [0.05, 0.1) is 17.7 Å². The minimum Gasteiger partial charge on any atom is -0.398 e. The van der Waals surface area contributed by atoms with Crippen LogP contribution in [-0.2, 0) is 0 Å². The number of rotatable bonds is 2. The third kappa shape index (κ3) is 3.08. The molecule has 0 radical (unpaired) electrons. The average Bonchev–Trinajstić information content (AvgIpc) is 2.96. The molecule has 29 heavy (non-hydrogen) atoms. The number of nitriles is 1. The number of fused-ring (bicyclic) bond motifs is 1. The number of anilines is 1. The van der Waals surface area contributed by atoms with Gasteiger partial charge in [0, 0.05) is 39.5 Å². The number of aryl methyl sites for hydroxylation is 1. The standard InChI is InChI=1S/C24H26FN3O/c1-13-10-22-19(11-16(13)12-26)24(23-14(2)21(27)9-8-20(23)25)15(3)28(22)17-4-6-18(29)7-5-17/h8-11,17-18,29H,4-7,27H2,1-3H3. The Morgan fingerprint density at radius 3 is 2.45 bits per heavy atom. The van der Waals surface area contributed by atoms with Crippen LogP contribution in [0.1, 0.15) is 54.1 Å². The molecule has 3 N–H and O–H groups in total. The Hall–Kier alpha value is -2.84. The molecule has 1 heterocycles. The van der Waals surface area contributed by atoms with Crippen LogP contribution in [0, 0.1) is 37.9 Å². The predicted octanol–water partition coefficient (Wildman–Crippen LogP) is 5.30. The van der Waals surface area contributed by atoms with E-state index in [0.29, 0.717) is 22.4 Å². The highest BCUT2D eigenvalue weighted by atomic mass is 19.1. The zero-order valence-electron chi connectivity index (χ0n) is 17.1. The third-order valence-corrected chi connectivity index (χ3v) is 6.45. The highest BCUT2D eigenvalue weighted by molar-refractivity contribution is 6.00. The molecule has 1 saturated carbocycles. The van der Waals surface area contributed by atoms with E-state index in [1.807, 2.05) is 32.9 Å². The summed E-state index contributed by atoms with van der Waals surface area (Å²) >= 11 is 0. The number of nitrogens with two attached hydrogens (primary N) is 1. The fourth-order valence-electron chi connectivity index (χ4n) is 4.81. The highest BCUT2D eigenvalue weighted by Gasteiger charge is 2.27. The summed E-state index contributed by atoms with van der Waals surface area (Å²) in [6, 6.07) is 9.42. The monoisotopic (exact) mass is 391 g/mol. The Kier molecular flexibility index (Phi) is 4.84. The number of aliphatic hydroxyl groups is 1. The first kappa shape index (κ1) is 19.5. The molecule has 0 unspecified atom stereocenters. The van der Waals surface area contributed by atoms with Crippen LogP contribution in [0.5, 0.6) is 0 Å². The molecular formula is C24H26FN3O. The van der Waals surface area contributed by atoms with Gasteiger partial charge in [-0.25, -0.2) is 4.39 Å². The fraction of sp³-hybridized carbons (Fsp3) is 0.375. The number of hydrogen-bond donors (Lipinski definition) is 2. The van der Waals surface area contributed by atoms with Crippen molar-refractivity contribution in [3.63, 3.8) is 0 Å². The van der Waals surface area contributed by atoms with Crippen LogP contribution in [-0.4, -0.2) is 15.8 Å². The second kappa shape index (κ2) is 7.20. The van der Waals surface area contributed by atoms with E-state index < -0.39 is 0 Å². The van der Waals surface area contributed by atoms with Gasteiger partial charge in [-0.05, 0) is 81.8 Å². The molecule has 0 saturated heterocycles. The second-order valence-electron chi connectivity index (χ2n) is 8.23. The van der Waals surface area contributed by atoms with Crippen LogP contribution in [0.25, 0.3) is 22.0 Å². The molecule has 3 aromatic rings. The molecule has 5 heteroatoms. The smallest absolute Gasteiger partial charge is 0.131 e. The summed E-state index contributed by atoms with van der Waals surface area (Å²) < 4.78 is 17.3. The number of aromatic nitrogens is 1. The number of halogens is 1. The average molecular weight is 391 g/mol. The number of nitrogens with zero attached hydrogens (tertiary/aromatic N) is 2. The van der Waals surface area contributed by atoms with Crippen molar-refractivity contribution in [2.45, 2.75) is 58.6 Å². The maximum absolute atomic E-state index is 15.0. The van der Waals surface area contributed by atoms with Gasteiger partial charge in [-0.3, -0.25) is 0 Å². The molecular weight excluding hydrogens is 365 g/mol. The van der Waals surface area contributed by atoms with Gasteiger partial charge in [-0.1, -0.05) is 0 Å². The largest absolute Gasteiger partial charge is 0.398 e. The molecule has 0 bridgehead atoms. The Morgan fingerprint density at radius 1 is 1.10 bits per heavy atom. The van der Waals surface area contributed by atoms with Crippen molar-refractivity contribution in [3.05, 3.63) is 52.5 Å². The van der Waals surface area contributed by atoms with Crippen molar-refractivity contribution in [2.75, 3.05) is 5.73 Å². The van der Waals surface area contributed by atoms with E-state index in [1.165, 1.54) is 6.07 Å². The van der Waals surface area contributed by atoms with Crippen molar-refractivity contribution in [3.8, 4) is 17.2 Å². The minimum absolute atomic E-state index is 0.242. The van der Waals surface area contributed by atoms with Crippen LogP contribution in [0.15, 0.2) is 24.3 Å². The molecule has 1 aliphatic carbocycles. The maximum Gasteiger partial charge on any atom is 0.131 e. The van der Waals surface area contributed by atoms with E-state index in [-0.39, 0.29) is 18.0 Å². The van der Waals surface area contributed by atoms with Gasteiger partial charge in [-0.2, -0.15) is 5.26 Å². The Bertz CT molecular complexity index is 1150. The van der Waals surface area contributed by atoms with E-state index in [4.69, 9.17) is 5.73 Å². The molecule has 1 aliphatic rings. The molecule has 2 aromatic carbocycles. The Balaban J connectivity index is 2.07. The lowest BCUT2D eigenvalue weighted by Gasteiger charge is -2.29. The second-order valence-corrected chi connectivity index (χ2v) is 8.23. The molecule has 0 atom stereocenters. The lowest BCUT2D eigenvalue weighted by Crippen LogP contribution is -2.21. The van der Waals surface area contributed by atoms with E-state index >= 15 is 4.39 Å². The number of hydrogen-bond acceptors (Lipinski definition) is 3. The molecule has 0 amide bonds. The lowest BCUT2D eigenvalue weighted by atomic mass is 9.92. The predicted molar refractivity (Wildman–Crippen MR) is 114 cm³/mol. The lowest BCUT2D eigenvalue weighted by molar-refractivity contribution is 0.111. The van der Waals surface area contributed by atoms with Gasteiger partial charge in [0.2, 0.25) is 0 Å². The van der Waals surface area contributed by atoms with Crippen molar-refractivity contribution < 1.29 is 9.50 Å². The third-order valence-electron chi connectivity index (χ3n) is 6.45. The molecule has 150 valence electrons. The fourth-order valence-corrected chi connectivity index (χ4v) is 4.81. The van der Waals surface area contributed by atoms with Gasteiger partial charge in [0.25, 0.3) is 0 Å². The van der Waals surface area contributed by atoms with Crippen LogP contribution in [0.3, 0.4) is 0 Å². The van der Waals surface area contributed by atoms with Crippen molar-refractivity contribution in [2.24, 2.45) is 0 Å². The number of benzene rings is 2. The van der Waals surface area contributed by atoms with Gasteiger partial charge in [-0.15, -0.1) is 0 Å². The molecule has 4 rings (SSSR count). The van der Waals surface area contributed by atoms with E-state index in [2.05, 4.69) is 10.6 Å². The Morgan fingerprint density at radius 2 is 1.79 bits per heavy atom. The summed E-state index contributed by atoms with van der Waals surface area (Å²) in [6.07, 6.45) is 3.04. The number of nitrogen functional groups attached to an aromatic ring is 1. The summed E-state index contributed by atoms with van der Waals surface area (Å²) in [6.45, 7) is 5.79. The van der Waals surface area contributed by atoms with Crippen molar-refractivity contribution >= 4 is 16.6 Å². The quantitative estimate of drug-likeness (QED) is 0.582. The van der Waals surface area contributed by atoms with E-state index in [1.54, 1.807) is 6.07 Å². The normalized spacial score (nSPS) is 19.4. The maximum atomic E-state index is 15.0. The van der Waals surface area contributed by atoms with E-state index in [0.717, 1.165) is 53.4 Å². The van der Waals surface area contributed by atoms with Gasteiger partial charge < -0.3 is 15.4 Å². The summed E-state index contributed by atoms with van der Waals surface area (Å²) in [5, 5.41) is 20.4. The summed E-state index contributed by atoms with van der Waals surface area (Å²) in [7, 11) is 0. The minimum atomic E-state index is -0.308. The van der Waals surface area contributed by atoms with Crippen LogP contribution in [0.4, 0.5) is 10.1 Å². The van der Waals surface area contributed by atoms with Crippen LogP contribution in [0.2, 0.25) is 0 Å². The first-order valence-corrected chi connectivity index (χ1v) is 10.1. The first-order valence-electron chi connectivity index (χ1n) is 10.1. The van der Waals surface area contributed by atoms with Crippen molar-refractivity contribution in [1.29, 1.82) is 5.26 Å². The first-order chi connectivity index (χ1) is 13.8. The Labute approximate surface area is 170 Å². The zero-order chi connectivity index (χ0) is 20.9. The summed E-state index contributed by atoms with van der Waals surface area (Å²) in [5.74, 6) is -0.308. The van der Waals surface area contributed by atoms with Gasteiger partial charge in [0.15, 0.2) is 0 Å². The molecule has 1 fully saturated rings. The van der Waals surface area contributed by atoms with Gasteiger partial charge in [0.1, 0.15) is 5.82 Å². The molecule has 0 spiro atoms. The summed E-state index contributed by atoms with van der Waals surface area (Å²) in [5.41, 5.74) is 12.2. The SMILES string of the molecule is Cc1cc2c(cc1C#N)c(-c1c(F)ccc(N)c1C)c(C)n2C1CCC(O)CC1. The van der Waals surface area contributed by atoms with Crippen molar-refractivity contribution in [1.82, 2.24) is 4.57 Å².